The molecule has 0 amide bonds. The molecule has 1 aromatic rings. The molecule has 0 radical (unpaired) electrons. The molecule has 0 aromatic carbocycles. The Labute approximate surface area is 161 Å². The van der Waals surface area contributed by atoms with Crippen molar-refractivity contribution in [3.8, 4) is 0 Å². The third kappa shape index (κ3) is 4.77. The summed E-state index contributed by atoms with van der Waals surface area (Å²) in [5.41, 5.74) is -0.702. The minimum absolute atomic E-state index is 0.0164. The van der Waals surface area contributed by atoms with E-state index in [1.165, 1.54) is 10.6 Å². The van der Waals surface area contributed by atoms with Crippen LogP contribution in [-0.2, 0) is 26.7 Å². The molecule has 154 valence electrons. The third-order valence-corrected chi connectivity index (χ3v) is 6.96. The van der Waals surface area contributed by atoms with Crippen LogP contribution in [0.15, 0.2) is 10.6 Å². The van der Waals surface area contributed by atoms with Crippen LogP contribution >= 0.6 is 0 Å². The minimum Gasteiger partial charge on any atom is -0.395 e. The van der Waals surface area contributed by atoms with E-state index in [4.69, 9.17) is 4.52 Å². The van der Waals surface area contributed by atoms with Gasteiger partial charge in [0.2, 0.25) is 10.0 Å². The number of carbonyl (C=O) groups is 1. The highest BCUT2D eigenvalue weighted by molar-refractivity contribution is 7.88. The number of ketones is 1. The number of carbonyl (C=O) groups excluding carboxylic acids is 1. The normalized spacial score (nSPS) is 19.8. The number of likely N-dealkylation sites (N-methyl/N-ethyl adjacent to an activating group) is 1. The third-order valence-electron chi connectivity index (χ3n) is 5.69. The lowest BCUT2D eigenvalue weighted by Crippen LogP contribution is -2.54. The summed E-state index contributed by atoms with van der Waals surface area (Å²) in [6.45, 7) is 8.17. The number of Topliss-reactive ketones (excluding diaryl/α,β-unsaturated/α-hetero) is 1. The van der Waals surface area contributed by atoms with Gasteiger partial charge in [0.1, 0.15) is 5.76 Å². The Kier molecular flexibility index (Phi) is 6.21. The number of hydrogen-bond donors (Lipinski definition) is 1. The highest BCUT2D eigenvalue weighted by Gasteiger charge is 2.40. The Morgan fingerprint density at radius 3 is 2.56 bits per heavy atom. The first kappa shape index (κ1) is 22.0. The molecule has 2 heterocycles. The highest BCUT2D eigenvalue weighted by atomic mass is 32.2. The Morgan fingerprint density at radius 1 is 1.41 bits per heavy atom. The van der Waals surface area contributed by atoms with Gasteiger partial charge in [0.25, 0.3) is 0 Å². The fourth-order valence-corrected chi connectivity index (χ4v) is 4.03. The minimum atomic E-state index is -3.22. The zero-order chi connectivity index (χ0) is 20.6. The quantitative estimate of drug-likeness (QED) is 0.687. The van der Waals surface area contributed by atoms with Gasteiger partial charge in [-0.25, -0.2) is 12.7 Å². The summed E-state index contributed by atoms with van der Waals surface area (Å²) in [4.78, 5) is 14.9. The molecule has 0 bridgehead atoms. The van der Waals surface area contributed by atoms with Crippen molar-refractivity contribution in [2.45, 2.75) is 57.5 Å². The Bertz CT molecular complexity index is 785. The monoisotopic (exact) mass is 401 g/mol. The highest BCUT2D eigenvalue weighted by Crippen LogP contribution is 2.27. The van der Waals surface area contributed by atoms with E-state index in [1.807, 2.05) is 39.6 Å². The number of aliphatic hydroxyl groups excluding tert-OH is 1. The van der Waals surface area contributed by atoms with Crippen molar-refractivity contribution in [3.63, 3.8) is 0 Å². The summed E-state index contributed by atoms with van der Waals surface area (Å²) in [7, 11) is -1.36. The lowest BCUT2D eigenvalue weighted by atomic mass is 9.89. The first-order chi connectivity index (χ1) is 12.3. The summed E-state index contributed by atoms with van der Waals surface area (Å²) in [5, 5.41) is 13.4. The predicted octanol–water partition coefficient (Wildman–Crippen LogP) is 0.800. The van der Waals surface area contributed by atoms with Gasteiger partial charge in [-0.2, -0.15) is 0 Å². The van der Waals surface area contributed by atoms with Gasteiger partial charge in [0.15, 0.2) is 5.78 Å². The van der Waals surface area contributed by atoms with E-state index in [0.29, 0.717) is 31.0 Å². The summed E-state index contributed by atoms with van der Waals surface area (Å²) in [6, 6.07) is 1.70. The van der Waals surface area contributed by atoms with Crippen LogP contribution in [0.4, 0.5) is 0 Å². The molecule has 8 nitrogen and oxygen atoms in total. The maximum atomic E-state index is 12.9. The van der Waals surface area contributed by atoms with Gasteiger partial charge in [0, 0.05) is 30.6 Å². The Hall–Kier alpha value is -1.29. The van der Waals surface area contributed by atoms with Gasteiger partial charge >= 0.3 is 0 Å². The molecule has 0 saturated carbocycles. The van der Waals surface area contributed by atoms with Crippen molar-refractivity contribution in [2.75, 3.05) is 33.0 Å². The van der Waals surface area contributed by atoms with Crippen molar-refractivity contribution in [1.29, 1.82) is 0 Å². The predicted molar refractivity (Wildman–Crippen MR) is 102 cm³/mol. The molecule has 0 spiro atoms. The molecular formula is C18H31N3O5S. The molecule has 1 aromatic heterocycles. The van der Waals surface area contributed by atoms with Crippen molar-refractivity contribution in [3.05, 3.63) is 17.5 Å². The van der Waals surface area contributed by atoms with Crippen LogP contribution in [-0.4, -0.2) is 78.2 Å². The lowest BCUT2D eigenvalue weighted by Gasteiger charge is -2.38. The van der Waals surface area contributed by atoms with E-state index >= 15 is 0 Å². The van der Waals surface area contributed by atoms with Gasteiger partial charge < -0.3 is 9.63 Å². The second-order valence-corrected chi connectivity index (χ2v) is 10.5. The molecule has 1 aliphatic rings. The van der Waals surface area contributed by atoms with Crippen molar-refractivity contribution < 1.29 is 22.8 Å². The summed E-state index contributed by atoms with van der Waals surface area (Å²) < 4.78 is 30.2. The average molecular weight is 402 g/mol. The molecule has 1 N–H and O–H groups in total. The Morgan fingerprint density at radius 2 is 2.04 bits per heavy atom. The van der Waals surface area contributed by atoms with Gasteiger partial charge in [-0.05, 0) is 27.3 Å². The van der Waals surface area contributed by atoms with E-state index in [9.17, 15) is 18.3 Å². The second-order valence-electron chi connectivity index (χ2n) is 8.55. The molecular weight excluding hydrogens is 370 g/mol. The van der Waals surface area contributed by atoms with Gasteiger partial charge in [-0.3, -0.25) is 9.69 Å². The molecule has 1 saturated heterocycles. The average Bonchev–Trinajstić information content (AvgIpc) is 3.23. The molecule has 0 aliphatic carbocycles. The molecule has 27 heavy (non-hydrogen) atoms. The van der Waals surface area contributed by atoms with Crippen molar-refractivity contribution in [2.24, 2.45) is 0 Å². The maximum Gasteiger partial charge on any atom is 0.211 e. The molecule has 9 heteroatoms. The number of aliphatic hydroxyl groups is 1. The second kappa shape index (κ2) is 7.62. The smallest absolute Gasteiger partial charge is 0.211 e. The molecule has 0 unspecified atom stereocenters. The van der Waals surface area contributed by atoms with E-state index in [-0.39, 0.29) is 24.9 Å². The number of rotatable bonds is 8. The fourth-order valence-electron chi connectivity index (χ4n) is 3.15. The number of aromatic nitrogens is 1. The number of hydrogen-bond acceptors (Lipinski definition) is 7. The number of nitrogens with zero attached hydrogens (tertiary/aromatic N) is 3. The fraction of sp³-hybridized carbons (Fsp3) is 0.778. The van der Waals surface area contributed by atoms with Crippen molar-refractivity contribution >= 4 is 15.8 Å². The van der Waals surface area contributed by atoms with Crippen LogP contribution in [0.2, 0.25) is 0 Å². The van der Waals surface area contributed by atoms with Crippen LogP contribution in [0, 0.1) is 0 Å². The SMILES string of the molecule is CN([C@H]1CCN(S(C)(=O)=O)C1)C(C)(C)C(=O)Cc1cc(C(C)(C)CO)no1. The van der Waals surface area contributed by atoms with E-state index in [1.54, 1.807) is 6.07 Å². The molecule has 1 atom stereocenters. The summed E-state index contributed by atoms with van der Waals surface area (Å²) >= 11 is 0. The standard InChI is InChI=1S/C18H31N3O5S/c1-17(2,12-22)15-9-14(26-19-15)10-16(23)18(3,4)20(5)13-7-8-21(11-13)27(6,24)25/h9,13,22H,7-8,10-12H2,1-6H3/t13-/m0/s1. The zero-order valence-electron chi connectivity index (χ0n) is 17.0. The lowest BCUT2D eigenvalue weighted by molar-refractivity contribution is -0.129. The molecule has 1 aliphatic heterocycles. The first-order valence-electron chi connectivity index (χ1n) is 9.07. The summed E-state index contributed by atoms with van der Waals surface area (Å²) in [5.74, 6) is 0.425. The summed E-state index contributed by atoms with van der Waals surface area (Å²) in [6.07, 6.45) is 1.99. The largest absolute Gasteiger partial charge is 0.395 e. The van der Waals surface area contributed by atoms with Crippen LogP contribution in [0.25, 0.3) is 0 Å². The van der Waals surface area contributed by atoms with E-state index in [0.717, 1.165) is 0 Å². The van der Waals surface area contributed by atoms with Crippen molar-refractivity contribution in [1.82, 2.24) is 14.4 Å². The number of sulfonamides is 1. The molecule has 1 fully saturated rings. The van der Waals surface area contributed by atoms with Gasteiger partial charge in [0.05, 0.1) is 30.5 Å². The Balaban J connectivity index is 2.07. The van der Waals surface area contributed by atoms with Crippen LogP contribution in [0.1, 0.15) is 45.6 Å². The van der Waals surface area contributed by atoms with Crippen LogP contribution in [0.5, 0.6) is 0 Å². The van der Waals surface area contributed by atoms with E-state index < -0.39 is 21.0 Å². The zero-order valence-corrected chi connectivity index (χ0v) is 17.8. The first-order valence-corrected chi connectivity index (χ1v) is 10.9. The van der Waals surface area contributed by atoms with Gasteiger partial charge in [-0.1, -0.05) is 19.0 Å². The van der Waals surface area contributed by atoms with Gasteiger partial charge in [-0.15, -0.1) is 0 Å². The maximum absolute atomic E-state index is 12.9. The van der Waals surface area contributed by atoms with Crippen LogP contribution in [0.3, 0.4) is 0 Å². The molecule has 2 rings (SSSR count). The van der Waals surface area contributed by atoms with E-state index in [2.05, 4.69) is 5.16 Å². The van der Waals surface area contributed by atoms with Crippen LogP contribution < -0.4 is 0 Å². The topological polar surface area (TPSA) is 104 Å².